The van der Waals surface area contributed by atoms with Crippen LogP contribution in [0.15, 0.2) is 16.6 Å². The lowest BCUT2D eigenvalue weighted by atomic mass is 10.2. The fourth-order valence-electron chi connectivity index (χ4n) is 1.60. The third kappa shape index (κ3) is 5.81. The van der Waals surface area contributed by atoms with Crippen molar-refractivity contribution in [1.82, 2.24) is 10.9 Å². The van der Waals surface area contributed by atoms with Gasteiger partial charge in [0.15, 0.2) is 11.5 Å². The molecule has 0 spiro atoms. The van der Waals surface area contributed by atoms with Gasteiger partial charge in [0.2, 0.25) is 0 Å². The Balaban J connectivity index is 2.60. The van der Waals surface area contributed by atoms with Gasteiger partial charge in [0.25, 0.3) is 0 Å². The summed E-state index contributed by atoms with van der Waals surface area (Å²) in [7, 11) is 3.14. The highest BCUT2D eigenvalue weighted by Crippen LogP contribution is 2.36. The molecule has 1 aromatic carbocycles. The van der Waals surface area contributed by atoms with Gasteiger partial charge in [-0.25, -0.2) is 10.2 Å². The van der Waals surface area contributed by atoms with Gasteiger partial charge in [-0.15, -0.1) is 0 Å². The number of hydrogen-bond donors (Lipinski definition) is 2. The number of halogens is 1. The highest BCUT2D eigenvalue weighted by molar-refractivity contribution is 9.10. The fourth-order valence-corrected chi connectivity index (χ4v) is 2.25. The van der Waals surface area contributed by atoms with Gasteiger partial charge in [-0.3, -0.25) is 5.43 Å². The zero-order valence-corrected chi connectivity index (χ0v) is 14.5. The van der Waals surface area contributed by atoms with E-state index < -0.39 is 11.7 Å². The topological polar surface area (TPSA) is 68.8 Å². The van der Waals surface area contributed by atoms with E-state index in [4.69, 9.17) is 14.2 Å². The van der Waals surface area contributed by atoms with E-state index in [1.807, 2.05) is 12.1 Å². The number of nitrogens with one attached hydrogen (secondary N) is 2. The Kier molecular flexibility index (Phi) is 6.29. The Labute approximate surface area is 133 Å². The molecular formula is C14H21BrN2O4. The molecular weight excluding hydrogens is 340 g/mol. The number of hydrogen-bond acceptors (Lipinski definition) is 5. The van der Waals surface area contributed by atoms with Gasteiger partial charge < -0.3 is 14.2 Å². The number of benzene rings is 1. The Morgan fingerprint density at radius 2 is 1.90 bits per heavy atom. The van der Waals surface area contributed by atoms with Crippen molar-refractivity contribution in [3.63, 3.8) is 0 Å². The molecule has 1 aromatic rings. The summed E-state index contributed by atoms with van der Waals surface area (Å²) >= 11 is 3.41. The van der Waals surface area contributed by atoms with Crippen LogP contribution in [0.25, 0.3) is 0 Å². The lowest BCUT2D eigenvalue weighted by Gasteiger charge is -2.20. The predicted octanol–water partition coefficient (Wildman–Crippen LogP) is 3.00. The van der Waals surface area contributed by atoms with Crippen LogP contribution in [0, 0.1) is 0 Å². The molecule has 0 atom stereocenters. The molecule has 1 rings (SSSR count). The number of carbonyl (C=O) groups is 1. The number of ether oxygens (including phenoxy) is 3. The van der Waals surface area contributed by atoms with Gasteiger partial charge in [0, 0.05) is 6.54 Å². The highest BCUT2D eigenvalue weighted by atomic mass is 79.9. The van der Waals surface area contributed by atoms with E-state index in [0.717, 1.165) is 10.0 Å². The molecule has 0 bridgehead atoms. The Morgan fingerprint density at radius 1 is 1.24 bits per heavy atom. The normalized spacial score (nSPS) is 11.0. The summed E-state index contributed by atoms with van der Waals surface area (Å²) < 4.78 is 16.4. The van der Waals surface area contributed by atoms with Crippen molar-refractivity contribution >= 4 is 22.0 Å². The first-order chi connectivity index (χ1) is 9.76. The van der Waals surface area contributed by atoms with Crippen LogP contribution >= 0.6 is 15.9 Å². The van der Waals surface area contributed by atoms with Crippen molar-refractivity contribution in [1.29, 1.82) is 0 Å². The third-order valence-corrected chi connectivity index (χ3v) is 2.96. The van der Waals surface area contributed by atoms with E-state index in [0.29, 0.717) is 18.0 Å². The van der Waals surface area contributed by atoms with Crippen LogP contribution in [-0.4, -0.2) is 25.9 Å². The maximum Gasteiger partial charge on any atom is 0.422 e. The Morgan fingerprint density at radius 3 is 2.43 bits per heavy atom. The van der Waals surface area contributed by atoms with Gasteiger partial charge >= 0.3 is 6.09 Å². The van der Waals surface area contributed by atoms with Gasteiger partial charge in [-0.05, 0) is 54.4 Å². The minimum absolute atomic E-state index is 0.415. The van der Waals surface area contributed by atoms with Crippen molar-refractivity contribution in [2.75, 3.05) is 14.2 Å². The number of rotatable bonds is 5. The second kappa shape index (κ2) is 7.51. The maximum atomic E-state index is 11.5. The molecule has 1 amide bonds. The summed E-state index contributed by atoms with van der Waals surface area (Å²) in [6.45, 7) is 5.83. The molecule has 0 aliphatic rings. The van der Waals surface area contributed by atoms with Crippen molar-refractivity contribution < 1.29 is 19.0 Å². The van der Waals surface area contributed by atoms with E-state index in [1.165, 1.54) is 0 Å². The molecule has 0 aliphatic carbocycles. The van der Waals surface area contributed by atoms with E-state index >= 15 is 0 Å². The third-order valence-electron chi connectivity index (χ3n) is 2.38. The zero-order chi connectivity index (χ0) is 16.0. The first kappa shape index (κ1) is 17.6. The number of hydrazine groups is 1. The summed E-state index contributed by atoms with van der Waals surface area (Å²) in [4.78, 5) is 11.5. The van der Waals surface area contributed by atoms with Crippen LogP contribution in [0.4, 0.5) is 4.79 Å². The molecule has 0 aromatic heterocycles. The smallest absolute Gasteiger partial charge is 0.422 e. The molecule has 6 nitrogen and oxygen atoms in total. The van der Waals surface area contributed by atoms with Gasteiger partial charge in [0.1, 0.15) is 5.60 Å². The van der Waals surface area contributed by atoms with E-state index in [9.17, 15) is 4.79 Å². The van der Waals surface area contributed by atoms with Crippen LogP contribution in [0.5, 0.6) is 11.5 Å². The predicted molar refractivity (Wildman–Crippen MR) is 83.5 cm³/mol. The number of amides is 1. The van der Waals surface area contributed by atoms with Gasteiger partial charge in [-0.1, -0.05) is 0 Å². The van der Waals surface area contributed by atoms with Crippen LogP contribution < -0.4 is 20.3 Å². The molecule has 0 unspecified atom stereocenters. The molecule has 0 radical (unpaired) electrons. The van der Waals surface area contributed by atoms with Crippen LogP contribution in [0.2, 0.25) is 0 Å². The summed E-state index contributed by atoms with van der Waals surface area (Å²) in [5.74, 6) is 1.24. The number of carbonyl (C=O) groups excluding carboxylic acids is 1. The minimum atomic E-state index is -0.530. The molecule has 0 saturated carbocycles. The average molecular weight is 361 g/mol. The minimum Gasteiger partial charge on any atom is -0.493 e. The molecule has 0 aliphatic heterocycles. The Hall–Kier alpha value is -1.47. The standard InChI is InChI=1S/C14H21BrN2O4/c1-14(2,3)21-13(18)17-16-8-9-6-10(15)12(20-5)11(7-9)19-4/h6-7,16H,8H2,1-5H3,(H,17,18). The van der Waals surface area contributed by atoms with E-state index in [1.54, 1.807) is 35.0 Å². The van der Waals surface area contributed by atoms with Crippen molar-refractivity contribution in [2.24, 2.45) is 0 Å². The summed E-state index contributed by atoms with van der Waals surface area (Å²) in [6.07, 6.45) is -0.526. The summed E-state index contributed by atoms with van der Waals surface area (Å²) in [5.41, 5.74) is 5.66. The van der Waals surface area contributed by atoms with Gasteiger partial charge in [0.05, 0.1) is 18.7 Å². The maximum absolute atomic E-state index is 11.5. The highest BCUT2D eigenvalue weighted by Gasteiger charge is 2.16. The Bertz CT molecular complexity index is 500. The van der Waals surface area contributed by atoms with E-state index in [2.05, 4.69) is 26.8 Å². The first-order valence-corrected chi connectivity index (χ1v) is 7.18. The first-order valence-electron chi connectivity index (χ1n) is 6.39. The van der Waals surface area contributed by atoms with Crippen LogP contribution in [0.3, 0.4) is 0 Å². The molecule has 0 saturated heterocycles. The molecule has 21 heavy (non-hydrogen) atoms. The molecule has 2 N–H and O–H groups in total. The van der Waals surface area contributed by atoms with Crippen molar-refractivity contribution in [2.45, 2.75) is 32.9 Å². The van der Waals surface area contributed by atoms with Crippen molar-refractivity contribution in [3.8, 4) is 11.5 Å². The van der Waals surface area contributed by atoms with Crippen molar-refractivity contribution in [3.05, 3.63) is 22.2 Å². The monoisotopic (exact) mass is 360 g/mol. The molecule has 118 valence electrons. The largest absolute Gasteiger partial charge is 0.493 e. The lowest BCUT2D eigenvalue weighted by molar-refractivity contribution is 0.0497. The second-order valence-electron chi connectivity index (χ2n) is 5.29. The van der Waals surface area contributed by atoms with Crippen LogP contribution in [0.1, 0.15) is 26.3 Å². The van der Waals surface area contributed by atoms with E-state index in [-0.39, 0.29) is 0 Å². The molecule has 0 fully saturated rings. The average Bonchev–Trinajstić information content (AvgIpc) is 2.35. The SMILES string of the molecule is COc1cc(CNNC(=O)OC(C)(C)C)cc(Br)c1OC. The van der Waals surface area contributed by atoms with Gasteiger partial charge in [-0.2, -0.15) is 0 Å². The number of methoxy groups -OCH3 is 2. The quantitative estimate of drug-likeness (QED) is 0.790. The lowest BCUT2D eigenvalue weighted by Crippen LogP contribution is -2.40. The van der Waals surface area contributed by atoms with Crippen LogP contribution in [-0.2, 0) is 11.3 Å². The second-order valence-corrected chi connectivity index (χ2v) is 6.15. The fraction of sp³-hybridized carbons (Fsp3) is 0.500. The molecule has 0 heterocycles. The molecule has 7 heteroatoms. The summed E-state index contributed by atoms with van der Waals surface area (Å²) in [5, 5.41) is 0. The zero-order valence-electron chi connectivity index (χ0n) is 12.9. The summed E-state index contributed by atoms with van der Waals surface area (Å²) in [6, 6.07) is 3.71.